The summed E-state index contributed by atoms with van der Waals surface area (Å²) in [5.41, 5.74) is -2.53. The lowest BCUT2D eigenvalue weighted by molar-refractivity contribution is -0.249. The number of ether oxygens (including phenoxy) is 1. The Morgan fingerprint density at radius 1 is 1.07 bits per heavy atom. The van der Waals surface area contributed by atoms with Crippen molar-refractivity contribution in [2.24, 2.45) is 4.99 Å². The molecule has 0 saturated carbocycles. The molecule has 1 unspecified atom stereocenters. The third-order valence-electron chi connectivity index (χ3n) is 5.05. The van der Waals surface area contributed by atoms with Crippen LogP contribution in [-0.4, -0.2) is 42.7 Å². The smallest absolute Gasteiger partial charge is 0.425 e. The summed E-state index contributed by atoms with van der Waals surface area (Å²) in [6.45, 7) is 7.17. The van der Waals surface area contributed by atoms with Gasteiger partial charge >= 0.3 is 6.18 Å². The van der Waals surface area contributed by atoms with Crippen LogP contribution >= 0.6 is 0 Å². The summed E-state index contributed by atoms with van der Waals surface area (Å²) in [6, 6.07) is 8.84. The molecule has 158 valence electrons. The number of aryl methyl sites for hydroxylation is 2. The fourth-order valence-electron chi connectivity index (χ4n) is 2.98. The van der Waals surface area contributed by atoms with E-state index in [0.717, 1.165) is 0 Å². The molecule has 0 spiro atoms. The van der Waals surface area contributed by atoms with Crippen molar-refractivity contribution in [3.63, 3.8) is 0 Å². The van der Waals surface area contributed by atoms with E-state index in [1.807, 2.05) is 25.8 Å². The minimum atomic E-state index is -4.96. The molecule has 2 aromatic carbocycles. The van der Waals surface area contributed by atoms with Gasteiger partial charge in [-0.1, -0.05) is 24.3 Å². The topological polar surface area (TPSA) is 45.1 Å². The molecule has 0 saturated heterocycles. The largest absolute Gasteiger partial charge is 0.496 e. The Hall–Kier alpha value is -2.54. The minimum absolute atomic E-state index is 0.0852. The average Bonchev–Trinajstić information content (AvgIpc) is 2.65. The van der Waals surface area contributed by atoms with E-state index in [1.165, 1.54) is 44.4 Å². The van der Waals surface area contributed by atoms with Gasteiger partial charge in [-0.3, -0.25) is 0 Å². The molecule has 1 N–H and O–H groups in total. The van der Waals surface area contributed by atoms with Crippen LogP contribution in [-0.2, 0) is 5.60 Å². The van der Waals surface area contributed by atoms with Gasteiger partial charge in [0.25, 0.3) is 0 Å². The summed E-state index contributed by atoms with van der Waals surface area (Å²) >= 11 is 0. The number of alkyl halides is 3. The standard InChI is InChI=1S/C22H27F3N2O2/c1-14(2)27(5)13-26-19-12-20(29-6)18(11-16(19)4)21(28,22(23,24)25)17-10-8-7-9-15(17)3/h7-14,28H,1-6H3/b26-13+. The molecule has 2 rings (SSSR count). The highest BCUT2D eigenvalue weighted by Gasteiger charge is 2.58. The van der Waals surface area contributed by atoms with Gasteiger partial charge in [0.15, 0.2) is 0 Å². The monoisotopic (exact) mass is 408 g/mol. The molecule has 0 bridgehead atoms. The van der Waals surface area contributed by atoms with Crippen LogP contribution in [0, 0.1) is 13.8 Å². The summed E-state index contributed by atoms with van der Waals surface area (Å²) in [6.07, 6.45) is -3.34. The van der Waals surface area contributed by atoms with Gasteiger partial charge in [0.05, 0.1) is 19.1 Å². The second-order valence-corrected chi connectivity index (χ2v) is 7.37. The van der Waals surface area contributed by atoms with Crippen LogP contribution in [0.5, 0.6) is 5.75 Å². The second-order valence-electron chi connectivity index (χ2n) is 7.37. The number of hydrogen-bond donors (Lipinski definition) is 1. The van der Waals surface area contributed by atoms with Crippen molar-refractivity contribution >= 4 is 12.0 Å². The van der Waals surface area contributed by atoms with E-state index < -0.39 is 11.8 Å². The molecule has 0 fully saturated rings. The van der Waals surface area contributed by atoms with Gasteiger partial charge in [0.2, 0.25) is 5.60 Å². The van der Waals surface area contributed by atoms with Crippen molar-refractivity contribution < 1.29 is 23.0 Å². The van der Waals surface area contributed by atoms with Gasteiger partial charge in [-0.2, -0.15) is 13.2 Å². The van der Waals surface area contributed by atoms with Crippen molar-refractivity contribution in [1.29, 1.82) is 0 Å². The Kier molecular flexibility index (Phi) is 6.63. The maximum atomic E-state index is 14.2. The fraction of sp³-hybridized carbons (Fsp3) is 0.409. The first-order valence-corrected chi connectivity index (χ1v) is 9.24. The van der Waals surface area contributed by atoms with Crippen LogP contribution in [0.3, 0.4) is 0 Å². The molecular formula is C22H27F3N2O2. The predicted octanol–water partition coefficient (Wildman–Crippen LogP) is 5.11. The van der Waals surface area contributed by atoms with E-state index in [-0.39, 0.29) is 22.9 Å². The molecule has 4 nitrogen and oxygen atoms in total. The van der Waals surface area contributed by atoms with Gasteiger partial charge in [0.1, 0.15) is 5.75 Å². The molecule has 0 aliphatic carbocycles. The Morgan fingerprint density at radius 2 is 1.69 bits per heavy atom. The van der Waals surface area contributed by atoms with Crippen molar-refractivity contribution in [1.82, 2.24) is 4.90 Å². The van der Waals surface area contributed by atoms with Gasteiger partial charge < -0.3 is 14.7 Å². The number of benzene rings is 2. The first-order valence-electron chi connectivity index (χ1n) is 9.24. The van der Waals surface area contributed by atoms with Crippen LogP contribution < -0.4 is 4.74 Å². The molecular weight excluding hydrogens is 381 g/mol. The molecule has 0 aliphatic rings. The molecule has 7 heteroatoms. The average molecular weight is 408 g/mol. The SMILES string of the molecule is COc1cc(/N=C/N(C)C(C)C)c(C)cc1C(O)(c1ccccc1C)C(F)(F)F. The second kappa shape index (κ2) is 8.45. The van der Waals surface area contributed by atoms with Crippen molar-refractivity contribution in [2.45, 2.75) is 45.5 Å². The maximum absolute atomic E-state index is 14.2. The lowest BCUT2D eigenvalue weighted by atomic mass is 9.82. The first kappa shape index (κ1) is 22.7. The molecule has 0 aromatic heterocycles. The predicted molar refractivity (Wildman–Crippen MR) is 109 cm³/mol. The van der Waals surface area contributed by atoms with Crippen LogP contribution in [0.15, 0.2) is 41.4 Å². The highest BCUT2D eigenvalue weighted by atomic mass is 19.4. The summed E-state index contributed by atoms with van der Waals surface area (Å²) in [7, 11) is 3.13. The summed E-state index contributed by atoms with van der Waals surface area (Å²) < 4.78 is 47.9. The molecule has 2 aromatic rings. The zero-order valence-electron chi connectivity index (χ0n) is 17.5. The van der Waals surface area contributed by atoms with Gasteiger partial charge in [-0.15, -0.1) is 0 Å². The van der Waals surface area contributed by atoms with Gasteiger partial charge in [0, 0.05) is 30.3 Å². The highest BCUT2D eigenvalue weighted by molar-refractivity contribution is 5.66. The summed E-state index contributed by atoms with van der Waals surface area (Å²) in [5.74, 6) is -0.0852. The maximum Gasteiger partial charge on any atom is 0.425 e. The zero-order valence-corrected chi connectivity index (χ0v) is 17.5. The molecule has 0 radical (unpaired) electrons. The lowest BCUT2D eigenvalue weighted by Gasteiger charge is -2.34. The molecule has 1 atom stereocenters. The van der Waals surface area contributed by atoms with Crippen LogP contribution in [0.4, 0.5) is 18.9 Å². The Balaban J connectivity index is 2.70. The van der Waals surface area contributed by atoms with Gasteiger partial charge in [-0.05, 0) is 44.9 Å². The molecule has 0 aliphatic heterocycles. The Labute approximate surface area is 169 Å². The Bertz CT molecular complexity index is 894. The number of aliphatic hydroxyl groups is 1. The summed E-state index contributed by atoms with van der Waals surface area (Å²) in [5, 5.41) is 11.0. The van der Waals surface area contributed by atoms with Crippen LogP contribution in [0.25, 0.3) is 0 Å². The lowest BCUT2D eigenvalue weighted by Crippen LogP contribution is -2.44. The van der Waals surface area contributed by atoms with Crippen molar-refractivity contribution in [3.8, 4) is 5.75 Å². The Morgan fingerprint density at radius 3 is 2.21 bits per heavy atom. The zero-order chi connectivity index (χ0) is 22.0. The van der Waals surface area contributed by atoms with E-state index in [9.17, 15) is 18.3 Å². The number of methoxy groups -OCH3 is 1. The van der Waals surface area contributed by atoms with E-state index in [1.54, 1.807) is 19.3 Å². The number of rotatable bonds is 6. The molecule has 0 heterocycles. The quantitative estimate of drug-likeness (QED) is 0.534. The minimum Gasteiger partial charge on any atom is -0.496 e. The summed E-state index contributed by atoms with van der Waals surface area (Å²) in [4.78, 5) is 6.24. The normalized spacial score (nSPS) is 14.3. The number of aliphatic imine (C=N–C) groups is 1. The number of nitrogens with zero attached hydrogens (tertiary/aromatic N) is 2. The van der Waals surface area contributed by atoms with E-state index in [0.29, 0.717) is 16.8 Å². The highest BCUT2D eigenvalue weighted by Crippen LogP contribution is 2.49. The van der Waals surface area contributed by atoms with Gasteiger partial charge in [-0.25, -0.2) is 4.99 Å². The molecule has 29 heavy (non-hydrogen) atoms. The first-order chi connectivity index (χ1) is 13.4. The number of halogens is 3. The fourth-order valence-corrected chi connectivity index (χ4v) is 2.98. The van der Waals surface area contributed by atoms with Crippen molar-refractivity contribution in [3.05, 3.63) is 58.7 Å². The van der Waals surface area contributed by atoms with E-state index in [2.05, 4.69) is 4.99 Å². The van der Waals surface area contributed by atoms with Crippen molar-refractivity contribution in [2.75, 3.05) is 14.2 Å². The van der Waals surface area contributed by atoms with E-state index in [4.69, 9.17) is 4.74 Å². The molecule has 0 amide bonds. The third-order valence-corrected chi connectivity index (χ3v) is 5.05. The van der Waals surface area contributed by atoms with Crippen LogP contribution in [0.2, 0.25) is 0 Å². The third kappa shape index (κ3) is 4.40. The number of hydrogen-bond acceptors (Lipinski definition) is 3. The van der Waals surface area contributed by atoms with E-state index >= 15 is 0 Å². The van der Waals surface area contributed by atoms with Crippen LogP contribution in [0.1, 0.15) is 36.1 Å².